The van der Waals surface area contributed by atoms with Gasteiger partial charge in [0.05, 0.1) is 5.69 Å². The molecule has 1 aliphatic carbocycles. The number of thiazole rings is 1. The molecule has 1 atom stereocenters. The lowest BCUT2D eigenvalue weighted by Crippen LogP contribution is -2.28. The van der Waals surface area contributed by atoms with Gasteiger partial charge in [-0.15, -0.1) is 11.3 Å². The fraction of sp³-hybridized carbons (Fsp3) is 0.273. The molecule has 0 saturated heterocycles. The van der Waals surface area contributed by atoms with Crippen LogP contribution in [-0.2, 0) is 17.6 Å². The van der Waals surface area contributed by atoms with Crippen molar-refractivity contribution in [2.75, 3.05) is 5.32 Å². The van der Waals surface area contributed by atoms with Gasteiger partial charge in [0.15, 0.2) is 0 Å². The fourth-order valence-electron chi connectivity index (χ4n) is 3.41. The van der Waals surface area contributed by atoms with Gasteiger partial charge in [0, 0.05) is 22.0 Å². The molecule has 1 aliphatic rings. The second-order valence-corrected chi connectivity index (χ2v) is 8.09. The van der Waals surface area contributed by atoms with Crippen LogP contribution in [0.15, 0.2) is 48.5 Å². The first-order valence-corrected chi connectivity index (χ1v) is 9.84. The minimum atomic E-state index is 0.0199. The summed E-state index contributed by atoms with van der Waals surface area (Å²) in [7, 11) is 0. The van der Waals surface area contributed by atoms with Crippen molar-refractivity contribution >= 4 is 22.9 Å². The van der Waals surface area contributed by atoms with Gasteiger partial charge in [0.1, 0.15) is 5.01 Å². The van der Waals surface area contributed by atoms with E-state index in [4.69, 9.17) is 4.98 Å². The van der Waals surface area contributed by atoms with E-state index in [1.54, 1.807) is 11.3 Å². The minimum absolute atomic E-state index is 0.0199. The Balaban J connectivity index is 1.50. The van der Waals surface area contributed by atoms with Gasteiger partial charge in [0.25, 0.3) is 0 Å². The molecule has 1 heterocycles. The Morgan fingerprint density at radius 2 is 1.96 bits per heavy atom. The van der Waals surface area contributed by atoms with E-state index in [2.05, 4.69) is 29.6 Å². The smallest absolute Gasteiger partial charge is 0.227 e. The lowest BCUT2D eigenvalue weighted by atomic mass is 9.90. The summed E-state index contributed by atoms with van der Waals surface area (Å²) in [6.45, 7) is 4.08. The number of amides is 1. The molecule has 2 aromatic carbocycles. The zero-order chi connectivity index (χ0) is 18.1. The Labute approximate surface area is 158 Å². The number of hydrogen-bond donors (Lipinski definition) is 1. The number of rotatable bonds is 3. The number of anilines is 1. The molecule has 1 unspecified atom stereocenters. The largest absolute Gasteiger partial charge is 0.326 e. The summed E-state index contributed by atoms with van der Waals surface area (Å²) >= 11 is 1.73. The number of fused-ring (bicyclic) bond motifs is 1. The highest BCUT2D eigenvalue weighted by Crippen LogP contribution is 2.35. The van der Waals surface area contributed by atoms with E-state index in [1.165, 1.54) is 10.6 Å². The summed E-state index contributed by atoms with van der Waals surface area (Å²) in [5.74, 6) is 0.144. The van der Waals surface area contributed by atoms with E-state index in [0.29, 0.717) is 0 Å². The van der Waals surface area contributed by atoms with Gasteiger partial charge >= 0.3 is 0 Å². The molecule has 3 nitrogen and oxygen atoms in total. The highest BCUT2D eigenvalue weighted by molar-refractivity contribution is 7.15. The molecule has 1 N–H and O–H groups in total. The van der Waals surface area contributed by atoms with Crippen molar-refractivity contribution in [2.45, 2.75) is 33.1 Å². The SMILES string of the molecule is Cc1ccc(C)c(NC(=O)C2CCc3nc(-c4ccccc4)sc3C2)c1. The molecular formula is C22H22N2OS. The second-order valence-electron chi connectivity index (χ2n) is 7.00. The third-order valence-electron chi connectivity index (χ3n) is 4.98. The lowest BCUT2D eigenvalue weighted by Gasteiger charge is -2.21. The van der Waals surface area contributed by atoms with Crippen LogP contribution in [0.3, 0.4) is 0 Å². The molecule has 1 amide bonds. The summed E-state index contributed by atoms with van der Waals surface area (Å²) in [4.78, 5) is 18.9. The van der Waals surface area contributed by atoms with E-state index < -0.39 is 0 Å². The van der Waals surface area contributed by atoms with Crippen LogP contribution in [0.25, 0.3) is 10.6 Å². The summed E-state index contributed by atoms with van der Waals surface area (Å²) < 4.78 is 0. The summed E-state index contributed by atoms with van der Waals surface area (Å²) in [5.41, 5.74) is 5.51. The van der Waals surface area contributed by atoms with Gasteiger partial charge in [-0.05, 0) is 50.3 Å². The average Bonchev–Trinajstić information content (AvgIpc) is 3.08. The molecule has 26 heavy (non-hydrogen) atoms. The topological polar surface area (TPSA) is 42.0 Å². The Kier molecular flexibility index (Phi) is 4.60. The van der Waals surface area contributed by atoms with Crippen LogP contribution in [0.2, 0.25) is 0 Å². The van der Waals surface area contributed by atoms with Crippen molar-refractivity contribution in [3.63, 3.8) is 0 Å². The van der Waals surface area contributed by atoms with E-state index >= 15 is 0 Å². The number of benzene rings is 2. The molecule has 0 aliphatic heterocycles. The van der Waals surface area contributed by atoms with Crippen molar-refractivity contribution in [2.24, 2.45) is 5.92 Å². The van der Waals surface area contributed by atoms with Crippen molar-refractivity contribution in [3.8, 4) is 10.6 Å². The highest BCUT2D eigenvalue weighted by atomic mass is 32.1. The molecule has 1 aromatic heterocycles. The molecule has 0 spiro atoms. The van der Waals surface area contributed by atoms with E-state index in [-0.39, 0.29) is 11.8 Å². The van der Waals surface area contributed by atoms with Crippen LogP contribution in [0, 0.1) is 19.8 Å². The number of carbonyl (C=O) groups is 1. The highest BCUT2D eigenvalue weighted by Gasteiger charge is 2.28. The maximum absolute atomic E-state index is 12.8. The monoisotopic (exact) mass is 362 g/mol. The van der Waals surface area contributed by atoms with Crippen LogP contribution in [0.5, 0.6) is 0 Å². The van der Waals surface area contributed by atoms with Crippen LogP contribution in [0.1, 0.15) is 28.1 Å². The fourth-order valence-corrected chi connectivity index (χ4v) is 4.60. The molecule has 0 bridgehead atoms. The Hall–Kier alpha value is -2.46. The Morgan fingerprint density at radius 3 is 2.77 bits per heavy atom. The summed E-state index contributed by atoms with van der Waals surface area (Å²) in [6, 6.07) is 16.4. The second kappa shape index (κ2) is 7.04. The van der Waals surface area contributed by atoms with Gasteiger partial charge in [0.2, 0.25) is 5.91 Å². The number of nitrogens with zero attached hydrogens (tertiary/aromatic N) is 1. The van der Waals surface area contributed by atoms with Gasteiger partial charge in [-0.3, -0.25) is 4.79 Å². The van der Waals surface area contributed by atoms with Crippen LogP contribution in [0.4, 0.5) is 5.69 Å². The van der Waals surface area contributed by atoms with Crippen LogP contribution in [-0.4, -0.2) is 10.9 Å². The van der Waals surface area contributed by atoms with Gasteiger partial charge < -0.3 is 5.32 Å². The van der Waals surface area contributed by atoms with Crippen molar-refractivity contribution < 1.29 is 4.79 Å². The first-order chi connectivity index (χ1) is 12.6. The number of aryl methyl sites for hydroxylation is 3. The Bertz CT molecular complexity index is 946. The normalized spacial score (nSPS) is 16.2. The van der Waals surface area contributed by atoms with E-state index in [1.807, 2.05) is 38.1 Å². The van der Waals surface area contributed by atoms with E-state index in [9.17, 15) is 4.79 Å². The predicted octanol–water partition coefficient (Wildman–Crippen LogP) is 5.17. The molecule has 3 aromatic rings. The maximum Gasteiger partial charge on any atom is 0.227 e. The van der Waals surface area contributed by atoms with Crippen molar-refractivity contribution in [1.29, 1.82) is 0 Å². The molecule has 132 valence electrons. The lowest BCUT2D eigenvalue weighted by molar-refractivity contribution is -0.120. The molecule has 4 rings (SSSR count). The summed E-state index contributed by atoms with van der Waals surface area (Å²) in [5, 5.41) is 4.20. The summed E-state index contributed by atoms with van der Waals surface area (Å²) in [6.07, 6.45) is 2.53. The number of carbonyl (C=O) groups excluding carboxylic acids is 1. The van der Waals surface area contributed by atoms with Gasteiger partial charge in [-0.2, -0.15) is 0 Å². The standard InChI is InChI=1S/C22H22N2OS/c1-14-8-9-15(2)19(12-14)23-21(25)17-10-11-18-20(13-17)26-22(24-18)16-6-4-3-5-7-16/h3-9,12,17H,10-11,13H2,1-2H3,(H,23,25). The molecular weight excluding hydrogens is 340 g/mol. The van der Waals surface area contributed by atoms with E-state index in [0.717, 1.165) is 46.6 Å². The molecule has 0 radical (unpaired) electrons. The first kappa shape index (κ1) is 17.0. The zero-order valence-corrected chi connectivity index (χ0v) is 15.9. The predicted molar refractivity (Wildman–Crippen MR) is 108 cm³/mol. The number of hydrogen-bond acceptors (Lipinski definition) is 3. The number of nitrogens with one attached hydrogen (secondary N) is 1. The minimum Gasteiger partial charge on any atom is -0.326 e. The third-order valence-corrected chi connectivity index (χ3v) is 6.15. The quantitative estimate of drug-likeness (QED) is 0.698. The maximum atomic E-state index is 12.8. The number of aromatic nitrogens is 1. The van der Waals surface area contributed by atoms with Crippen LogP contribution < -0.4 is 5.32 Å². The van der Waals surface area contributed by atoms with Crippen molar-refractivity contribution in [3.05, 3.63) is 70.2 Å². The first-order valence-electron chi connectivity index (χ1n) is 9.02. The average molecular weight is 362 g/mol. The van der Waals surface area contributed by atoms with Crippen molar-refractivity contribution in [1.82, 2.24) is 4.98 Å². The van der Waals surface area contributed by atoms with Crippen LogP contribution >= 0.6 is 11.3 Å². The van der Waals surface area contributed by atoms with Gasteiger partial charge in [-0.1, -0.05) is 42.5 Å². The zero-order valence-electron chi connectivity index (χ0n) is 15.1. The molecule has 0 saturated carbocycles. The Morgan fingerprint density at radius 1 is 1.15 bits per heavy atom. The molecule has 0 fully saturated rings. The molecule has 4 heteroatoms. The van der Waals surface area contributed by atoms with Gasteiger partial charge in [-0.25, -0.2) is 4.98 Å². The third kappa shape index (κ3) is 3.42.